The van der Waals surface area contributed by atoms with Gasteiger partial charge in [0.25, 0.3) is 0 Å². The molecule has 0 bridgehead atoms. The van der Waals surface area contributed by atoms with E-state index in [1.807, 2.05) is 36.4 Å². The van der Waals surface area contributed by atoms with Gasteiger partial charge in [-0.3, -0.25) is 0 Å². The Morgan fingerprint density at radius 3 is 1.73 bits per heavy atom. The Bertz CT molecular complexity index is 1290. The van der Waals surface area contributed by atoms with Crippen molar-refractivity contribution in [2.75, 3.05) is 0 Å². The third-order valence-corrected chi connectivity index (χ3v) is 7.43. The first-order valence-electron chi connectivity index (χ1n) is 9.44. The lowest BCUT2D eigenvalue weighted by Gasteiger charge is -2.09. The summed E-state index contributed by atoms with van der Waals surface area (Å²) in [4.78, 5) is 2.03. The van der Waals surface area contributed by atoms with Crippen LogP contribution in [0.25, 0.3) is 0 Å². The molecule has 0 saturated carbocycles. The highest BCUT2D eigenvalue weighted by molar-refractivity contribution is 7.97. The second-order valence-corrected chi connectivity index (χ2v) is 9.96. The second-order valence-electron chi connectivity index (χ2n) is 6.61. The third kappa shape index (κ3) is 6.32. The lowest BCUT2D eigenvalue weighted by molar-refractivity contribution is 0.441. The fourth-order valence-corrected chi connectivity index (χ4v) is 5.50. The van der Waals surface area contributed by atoms with Crippen LogP contribution < -0.4 is 0 Å². The largest absolute Gasteiger partial charge is 0.744 e. The molecule has 4 rings (SSSR count). The molecule has 0 radical (unpaired) electrons. The predicted octanol–water partition coefficient (Wildman–Crippen LogP) is 5.06. The molecule has 5 nitrogen and oxygen atoms in total. The van der Waals surface area contributed by atoms with E-state index in [-0.39, 0.29) is 11.5 Å². The normalized spacial score (nSPS) is 11.0. The summed E-state index contributed by atoms with van der Waals surface area (Å²) < 4.78 is 55.5. The number of phenols is 2. The van der Waals surface area contributed by atoms with Crippen LogP contribution in [-0.4, -0.2) is 23.2 Å². The minimum atomic E-state index is -4.84. The van der Waals surface area contributed by atoms with Crippen molar-refractivity contribution in [3.05, 3.63) is 109 Å². The molecule has 0 aliphatic rings. The summed E-state index contributed by atoms with van der Waals surface area (Å²) in [7, 11) is -5.24. The van der Waals surface area contributed by atoms with Crippen LogP contribution >= 0.6 is 0 Å². The zero-order valence-corrected chi connectivity index (χ0v) is 18.6. The quantitative estimate of drug-likeness (QED) is 0.309. The Kier molecular flexibility index (Phi) is 7.70. The van der Waals surface area contributed by atoms with Gasteiger partial charge in [0.15, 0.2) is 15.5 Å². The van der Waals surface area contributed by atoms with Crippen molar-refractivity contribution in [1.29, 1.82) is 0 Å². The average Bonchev–Trinajstić information content (AvgIpc) is 2.76. The molecule has 0 aromatic heterocycles. The minimum Gasteiger partial charge on any atom is -0.744 e. The highest BCUT2D eigenvalue weighted by Crippen LogP contribution is 2.37. The first-order chi connectivity index (χ1) is 15.7. The Labute approximate surface area is 192 Å². The maximum Gasteiger partial charge on any atom is 0.208 e. The first-order valence-corrected chi connectivity index (χ1v) is 12.1. The van der Waals surface area contributed by atoms with Gasteiger partial charge < -0.3 is 14.8 Å². The van der Waals surface area contributed by atoms with Gasteiger partial charge in [0, 0.05) is 18.2 Å². The number of halogens is 2. The van der Waals surface area contributed by atoms with Crippen molar-refractivity contribution in [2.24, 2.45) is 0 Å². The molecule has 4 aromatic carbocycles. The molecule has 0 amide bonds. The molecule has 0 heterocycles. The molecule has 0 saturated heterocycles. The van der Waals surface area contributed by atoms with E-state index in [0.717, 1.165) is 14.7 Å². The number of phenolic OH excluding ortho intramolecular Hbond substituents is 2. The predicted molar refractivity (Wildman–Crippen MR) is 119 cm³/mol. The van der Waals surface area contributed by atoms with Crippen LogP contribution in [0.1, 0.15) is 0 Å². The third-order valence-electron chi connectivity index (χ3n) is 4.28. The number of benzene rings is 4. The fourth-order valence-electron chi connectivity index (χ4n) is 2.86. The first kappa shape index (κ1) is 24.2. The van der Waals surface area contributed by atoms with Gasteiger partial charge in [0.05, 0.1) is 4.90 Å². The van der Waals surface area contributed by atoms with E-state index in [2.05, 4.69) is 24.3 Å². The van der Waals surface area contributed by atoms with Crippen LogP contribution in [0.5, 0.6) is 11.5 Å². The molecule has 0 spiro atoms. The molecule has 2 N–H and O–H groups in total. The summed E-state index contributed by atoms with van der Waals surface area (Å²) in [5, 5.41) is 19.7. The van der Waals surface area contributed by atoms with E-state index in [1.165, 1.54) is 6.07 Å². The number of hydrogen-bond acceptors (Lipinski definition) is 5. The van der Waals surface area contributed by atoms with Crippen LogP contribution in [0.4, 0.5) is 8.78 Å². The van der Waals surface area contributed by atoms with Crippen molar-refractivity contribution in [1.82, 2.24) is 0 Å². The van der Waals surface area contributed by atoms with Crippen LogP contribution in [0.3, 0.4) is 0 Å². The highest BCUT2D eigenvalue weighted by Gasteiger charge is 2.31. The van der Waals surface area contributed by atoms with Crippen LogP contribution in [0.15, 0.2) is 117 Å². The molecule has 0 fully saturated rings. The Morgan fingerprint density at radius 1 is 0.727 bits per heavy atom. The van der Waals surface area contributed by atoms with Crippen molar-refractivity contribution >= 4 is 21.0 Å². The summed E-state index contributed by atoms with van der Waals surface area (Å²) in [6, 6.07) is 26.6. The molecule has 9 heteroatoms. The smallest absolute Gasteiger partial charge is 0.208 e. The molecule has 4 aromatic rings. The van der Waals surface area contributed by atoms with Crippen molar-refractivity contribution in [3.8, 4) is 11.5 Å². The molecule has 0 unspecified atom stereocenters. The van der Waals surface area contributed by atoms with Gasteiger partial charge in [-0.05, 0) is 42.5 Å². The van der Waals surface area contributed by atoms with Gasteiger partial charge >= 0.3 is 0 Å². The molecule has 0 atom stereocenters. The van der Waals surface area contributed by atoms with E-state index in [0.29, 0.717) is 18.2 Å². The Hall–Kier alpha value is -3.40. The maximum atomic E-state index is 12.5. The van der Waals surface area contributed by atoms with Gasteiger partial charge in [-0.1, -0.05) is 36.4 Å². The number of hydrogen-bond donors (Lipinski definition) is 2. The standard InChI is InChI=1S/C18H14O2S.C6H4F2O3S/c19-14-11-12-18(17(20)13-14)21(15-7-3-1-4-8-15)16-9-5-2-6-10-16;7-4-1-2-6(5(8)3-4)12(9,10)11/h1-13H,(H-,19,20);1-3H,(H,9,10,11). The highest BCUT2D eigenvalue weighted by atomic mass is 32.2. The average molecular weight is 489 g/mol. The van der Waals surface area contributed by atoms with Gasteiger partial charge in [0.2, 0.25) is 4.90 Å². The summed E-state index contributed by atoms with van der Waals surface area (Å²) in [5.41, 5.74) is 0. The van der Waals surface area contributed by atoms with Crippen LogP contribution in [0, 0.1) is 11.6 Å². The summed E-state index contributed by atoms with van der Waals surface area (Å²) in [6.07, 6.45) is 0. The number of rotatable bonds is 4. The number of aromatic hydroxyl groups is 2. The lowest BCUT2D eigenvalue weighted by atomic mass is 10.3. The molecule has 170 valence electrons. The Morgan fingerprint density at radius 2 is 1.27 bits per heavy atom. The van der Waals surface area contributed by atoms with Crippen LogP contribution in [0.2, 0.25) is 0 Å². The minimum absolute atomic E-state index is 0.0703. The topological polar surface area (TPSA) is 97.7 Å². The molecular weight excluding hydrogens is 470 g/mol. The van der Waals surface area contributed by atoms with Crippen molar-refractivity contribution in [2.45, 2.75) is 19.6 Å². The fraction of sp³-hybridized carbons (Fsp3) is 0. The zero-order chi connectivity index (χ0) is 24.0. The van der Waals surface area contributed by atoms with E-state index in [1.54, 1.807) is 12.1 Å². The molecule has 0 aliphatic carbocycles. The zero-order valence-electron chi connectivity index (χ0n) is 16.9. The van der Waals surface area contributed by atoms with Crippen LogP contribution in [-0.2, 0) is 21.0 Å². The Balaban J connectivity index is 0.000000218. The summed E-state index contributed by atoms with van der Waals surface area (Å²) in [6.45, 7) is 0. The maximum absolute atomic E-state index is 12.5. The second kappa shape index (κ2) is 10.5. The van der Waals surface area contributed by atoms with Gasteiger partial charge in [-0.25, -0.2) is 17.2 Å². The molecule has 33 heavy (non-hydrogen) atoms. The summed E-state index contributed by atoms with van der Waals surface area (Å²) in [5.74, 6) is -2.11. The van der Waals surface area contributed by atoms with Crippen molar-refractivity contribution in [3.63, 3.8) is 0 Å². The van der Waals surface area contributed by atoms with E-state index in [4.69, 9.17) is 0 Å². The lowest BCUT2D eigenvalue weighted by Crippen LogP contribution is -2.04. The monoisotopic (exact) mass is 488 g/mol. The summed E-state index contributed by atoms with van der Waals surface area (Å²) >= 11 is 0. The van der Waals surface area contributed by atoms with E-state index < -0.39 is 37.5 Å². The SMILES string of the molecule is O=S(=O)([O-])c1ccc(F)cc1F.Oc1ccc([S+](c2ccccc2)c2ccccc2)c(O)c1. The van der Waals surface area contributed by atoms with Gasteiger partial charge in [-0.2, -0.15) is 0 Å². The van der Waals surface area contributed by atoms with Crippen molar-refractivity contribution < 1.29 is 32.0 Å². The molecule has 0 aliphatic heterocycles. The van der Waals surface area contributed by atoms with Gasteiger partial charge in [0.1, 0.15) is 38.4 Å². The van der Waals surface area contributed by atoms with E-state index >= 15 is 0 Å². The van der Waals surface area contributed by atoms with Gasteiger partial charge in [-0.15, -0.1) is 0 Å². The van der Waals surface area contributed by atoms with E-state index in [9.17, 15) is 32.0 Å². The molecular formula is C24H18F2O5S2.